The van der Waals surface area contributed by atoms with Gasteiger partial charge in [0.1, 0.15) is 0 Å². The Morgan fingerprint density at radius 1 is 0.304 bits per heavy atom. The molecule has 9 heteroatoms. The molecule has 0 saturated heterocycles. The van der Waals surface area contributed by atoms with Gasteiger partial charge in [0.2, 0.25) is 0 Å². The molecular formula is C83H80N8S. The van der Waals surface area contributed by atoms with Crippen LogP contribution in [0.3, 0.4) is 0 Å². The minimum absolute atomic E-state index is 1.08. The SMILES string of the molecule is Cc1c[nH]c2ccccc12.Cc1cc2ccccc2[nH]1.Cc1cc2ccccc2s1.Cc1ccc2[nH]ccc2c1.Cc1ccc2cc[nH]c2c1.Cc1cccc2[nH]ccc12.Cc1cccc2cc[nH]c12.Cc1ccnc2ccccc12.Cc1nccc2ccccc12. The van der Waals surface area contributed by atoms with Crippen molar-refractivity contribution in [2.75, 3.05) is 0 Å². The van der Waals surface area contributed by atoms with Gasteiger partial charge in [-0.3, -0.25) is 9.97 Å². The van der Waals surface area contributed by atoms with Crippen LogP contribution in [-0.4, -0.2) is 39.9 Å². The van der Waals surface area contributed by atoms with Crippen LogP contribution in [0.25, 0.3) is 97.2 Å². The number of H-pyrrole nitrogens is 6. The van der Waals surface area contributed by atoms with Crippen molar-refractivity contribution >= 4 is 109 Å². The van der Waals surface area contributed by atoms with Gasteiger partial charge in [-0.2, -0.15) is 0 Å². The molecule has 0 amide bonds. The van der Waals surface area contributed by atoms with Crippen LogP contribution in [0.5, 0.6) is 0 Å². The molecule has 0 atom stereocenters. The van der Waals surface area contributed by atoms with Gasteiger partial charge in [0.15, 0.2) is 0 Å². The van der Waals surface area contributed by atoms with E-state index < -0.39 is 0 Å². The lowest BCUT2D eigenvalue weighted by Gasteiger charge is -1.97. The van der Waals surface area contributed by atoms with E-state index in [1.807, 2.05) is 116 Å². The van der Waals surface area contributed by atoms with Gasteiger partial charge in [0.25, 0.3) is 0 Å². The molecule has 0 aliphatic rings. The molecule has 18 rings (SSSR count). The number of aromatic amines is 6. The Kier molecular flexibility index (Phi) is 21.9. The average Bonchev–Trinajstić information content (AvgIpc) is 2.51. The van der Waals surface area contributed by atoms with Gasteiger partial charge in [-0.25, -0.2) is 0 Å². The van der Waals surface area contributed by atoms with E-state index in [-0.39, 0.29) is 0 Å². The standard InChI is InChI=1S/2C10H9N.6C9H9N.C9H8S/c1-8-10-5-3-2-4-9(10)6-7-11-8;1-8-6-7-11-10-5-3-2-4-9(8)10;1-7-2-3-9-8(6-7)4-5-10-9;1-7-2-3-8-4-5-10-9(8)6-7;1-7-3-2-4-9-8(7)5-6-10-9;1-7-3-2-4-8-5-6-10-9(7)8;1-7-6-10-9-5-3-2-4-8(7)9;2*1-7-6-8-4-2-3-5-9(8)10-7/h2*2-7H,1H3;6*2-6,10H,1H3;2-6H,1H3. The molecule has 9 aromatic heterocycles. The molecule has 0 aliphatic carbocycles. The largest absolute Gasteiger partial charge is 0.361 e. The highest BCUT2D eigenvalue weighted by molar-refractivity contribution is 7.19. The maximum Gasteiger partial charge on any atom is 0.0704 e. The second kappa shape index (κ2) is 31.4. The lowest BCUT2D eigenvalue weighted by Crippen LogP contribution is -1.80. The fourth-order valence-electron chi connectivity index (χ4n) is 10.9. The van der Waals surface area contributed by atoms with Gasteiger partial charge < -0.3 is 29.9 Å². The van der Waals surface area contributed by atoms with E-state index in [1.54, 1.807) is 0 Å². The third kappa shape index (κ3) is 17.2. The minimum Gasteiger partial charge on any atom is -0.361 e. The van der Waals surface area contributed by atoms with Gasteiger partial charge >= 0.3 is 0 Å². The lowest BCUT2D eigenvalue weighted by atomic mass is 10.1. The molecule has 0 unspecified atom stereocenters. The van der Waals surface area contributed by atoms with Crippen LogP contribution in [-0.2, 0) is 0 Å². The van der Waals surface area contributed by atoms with Gasteiger partial charge in [-0.15, -0.1) is 11.3 Å². The highest BCUT2D eigenvalue weighted by Crippen LogP contribution is 2.25. The number of aromatic nitrogens is 8. The molecule has 92 heavy (non-hydrogen) atoms. The first kappa shape index (κ1) is 64.0. The van der Waals surface area contributed by atoms with Crippen LogP contribution >= 0.6 is 11.3 Å². The van der Waals surface area contributed by atoms with Crippen molar-refractivity contribution in [3.8, 4) is 0 Å². The molecule has 0 aliphatic heterocycles. The zero-order valence-electron chi connectivity index (χ0n) is 53.9. The van der Waals surface area contributed by atoms with E-state index in [0.717, 1.165) is 11.2 Å². The fourth-order valence-corrected chi connectivity index (χ4v) is 11.8. The first-order chi connectivity index (χ1) is 44.8. The van der Waals surface area contributed by atoms with Crippen molar-refractivity contribution in [2.24, 2.45) is 0 Å². The molecule has 458 valence electrons. The number of fused-ring (bicyclic) bond motifs is 9. The van der Waals surface area contributed by atoms with Crippen molar-refractivity contribution in [3.63, 3.8) is 0 Å². The molecule has 0 fully saturated rings. The monoisotopic (exact) mass is 1220 g/mol. The highest BCUT2D eigenvalue weighted by Gasteiger charge is 2.00. The third-order valence-corrected chi connectivity index (χ3v) is 16.8. The first-order valence-corrected chi connectivity index (χ1v) is 31.9. The molecule has 18 aromatic rings. The Balaban J connectivity index is 0.000000113. The minimum atomic E-state index is 1.08. The van der Waals surface area contributed by atoms with Crippen LogP contribution in [0.2, 0.25) is 0 Å². The quantitative estimate of drug-likeness (QED) is 0.0907. The Hall–Kier alpha value is -11.0. The summed E-state index contributed by atoms with van der Waals surface area (Å²) in [6.45, 7) is 18.9. The average molecular weight is 1220 g/mol. The van der Waals surface area contributed by atoms with Gasteiger partial charge in [-0.1, -0.05) is 151 Å². The van der Waals surface area contributed by atoms with Crippen LogP contribution in [0, 0.1) is 62.3 Å². The van der Waals surface area contributed by atoms with E-state index in [1.165, 1.54) is 136 Å². The number of nitrogens with one attached hydrogen (secondary N) is 6. The lowest BCUT2D eigenvalue weighted by molar-refractivity contribution is 1.24. The summed E-state index contributed by atoms with van der Waals surface area (Å²) in [7, 11) is 0. The van der Waals surface area contributed by atoms with Crippen molar-refractivity contribution < 1.29 is 0 Å². The van der Waals surface area contributed by atoms with Gasteiger partial charge in [0.05, 0.1) is 5.52 Å². The highest BCUT2D eigenvalue weighted by atomic mass is 32.1. The summed E-state index contributed by atoms with van der Waals surface area (Å²) in [5, 5.41) is 12.9. The number of hydrogen-bond donors (Lipinski definition) is 6. The molecule has 6 N–H and O–H groups in total. The maximum atomic E-state index is 4.24. The van der Waals surface area contributed by atoms with Crippen molar-refractivity contribution in [3.05, 3.63) is 336 Å². The van der Waals surface area contributed by atoms with Crippen molar-refractivity contribution in [2.45, 2.75) is 62.3 Å². The Bertz CT molecular complexity index is 4880. The summed E-state index contributed by atoms with van der Waals surface area (Å²) in [4.78, 5) is 28.9. The van der Waals surface area contributed by atoms with Crippen molar-refractivity contribution in [1.29, 1.82) is 0 Å². The molecule has 0 bridgehead atoms. The van der Waals surface area contributed by atoms with E-state index in [9.17, 15) is 0 Å². The number of para-hydroxylation sites is 4. The Morgan fingerprint density at radius 3 is 1.62 bits per heavy atom. The number of aryl methyl sites for hydroxylation is 9. The van der Waals surface area contributed by atoms with Crippen LogP contribution in [0.15, 0.2) is 286 Å². The number of rotatable bonds is 0. The summed E-state index contributed by atoms with van der Waals surface area (Å²) in [6.07, 6.45) is 13.6. The number of benzene rings is 9. The second-order valence-electron chi connectivity index (χ2n) is 22.9. The predicted octanol–water partition coefficient (Wildman–Crippen LogP) is 23.2. The molecule has 0 spiro atoms. The van der Waals surface area contributed by atoms with Gasteiger partial charge in [0, 0.05) is 119 Å². The summed E-state index contributed by atoms with van der Waals surface area (Å²) in [5.41, 5.74) is 18.6. The fraction of sp³-hybridized carbons (Fsp3) is 0.108. The smallest absolute Gasteiger partial charge is 0.0704 e. The number of thiophene rings is 1. The van der Waals surface area contributed by atoms with Crippen LogP contribution in [0.4, 0.5) is 0 Å². The molecule has 9 aromatic carbocycles. The van der Waals surface area contributed by atoms with E-state index in [4.69, 9.17) is 0 Å². The van der Waals surface area contributed by atoms with E-state index in [0.29, 0.717) is 0 Å². The molecule has 9 heterocycles. The van der Waals surface area contributed by atoms with Gasteiger partial charge in [-0.05, 0) is 220 Å². The molecule has 0 radical (unpaired) electrons. The second-order valence-corrected chi connectivity index (χ2v) is 24.2. The maximum absolute atomic E-state index is 4.24. The van der Waals surface area contributed by atoms with Crippen LogP contribution in [0.1, 0.15) is 49.6 Å². The Morgan fingerprint density at radius 2 is 0.859 bits per heavy atom. The zero-order chi connectivity index (χ0) is 64.2. The topological polar surface area (TPSA) is 121 Å². The molecule has 8 nitrogen and oxygen atoms in total. The summed E-state index contributed by atoms with van der Waals surface area (Å²) in [6, 6.07) is 83.6. The third-order valence-electron chi connectivity index (χ3n) is 15.8. The predicted molar refractivity (Wildman–Crippen MR) is 398 cm³/mol. The Labute approximate surface area is 543 Å². The normalized spacial score (nSPS) is 10.4. The molecule has 0 saturated carbocycles. The molecular weight excluding hydrogens is 1140 g/mol. The van der Waals surface area contributed by atoms with E-state index >= 15 is 0 Å². The van der Waals surface area contributed by atoms with Crippen molar-refractivity contribution in [1.82, 2.24) is 39.9 Å². The number of nitrogens with zero attached hydrogens (tertiary/aromatic N) is 2. The first-order valence-electron chi connectivity index (χ1n) is 31.1. The number of hydrogen-bond acceptors (Lipinski definition) is 3. The van der Waals surface area contributed by atoms with Crippen LogP contribution < -0.4 is 0 Å². The van der Waals surface area contributed by atoms with E-state index in [2.05, 4.69) is 283 Å². The summed E-state index contributed by atoms with van der Waals surface area (Å²) in [5.74, 6) is 0. The zero-order valence-corrected chi connectivity index (χ0v) is 54.8. The summed E-state index contributed by atoms with van der Waals surface area (Å²) >= 11 is 1.85. The summed E-state index contributed by atoms with van der Waals surface area (Å²) < 4.78 is 1.39. The number of pyridine rings is 2.